The molecule has 0 saturated heterocycles. The Morgan fingerprint density at radius 3 is 2.58 bits per heavy atom. The lowest BCUT2D eigenvalue weighted by Crippen LogP contribution is -2.31. The minimum absolute atomic E-state index is 0.588. The molecule has 0 saturated carbocycles. The van der Waals surface area contributed by atoms with Crippen LogP contribution in [0.3, 0.4) is 0 Å². The van der Waals surface area contributed by atoms with Crippen LogP contribution in [0.1, 0.15) is 31.2 Å². The predicted octanol–water partition coefficient (Wildman–Crippen LogP) is 2.69. The number of rotatable bonds is 3. The highest BCUT2D eigenvalue weighted by Crippen LogP contribution is 2.34. The number of hydrogen-bond donors (Lipinski definition) is 2. The molecule has 0 radical (unpaired) electrons. The van der Waals surface area contributed by atoms with Crippen molar-refractivity contribution >= 4 is 16.9 Å². The van der Waals surface area contributed by atoms with Crippen LogP contribution < -0.4 is 0 Å². The molecule has 2 N–H and O–H groups in total. The molecule has 2 rings (SSSR count). The standard InChI is InChI=1S/C15H17NO3/c1-9-4-5-10-8-11(6-7-12(10)16-9)13(17)15(2,3)14(18)19/h4-8,13,17H,1-3H3,(H,18,19). The molecule has 0 bridgehead atoms. The summed E-state index contributed by atoms with van der Waals surface area (Å²) in [5.41, 5.74) is 1.12. The molecule has 1 atom stereocenters. The van der Waals surface area contributed by atoms with Crippen molar-refractivity contribution in [2.24, 2.45) is 5.41 Å². The summed E-state index contributed by atoms with van der Waals surface area (Å²) in [4.78, 5) is 15.5. The SMILES string of the molecule is Cc1ccc2cc(C(O)C(C)(C)C(=O)O)ccc2n1. The summed E-state index contributed by atoms with van der Waals surface area (Å²) in [6.45, 7) is 4.94. The zero-order valence-corrected chi connectivity index (χ0v) is 11.2. The van der Waals surface area contributed by atoms with Crippen molar-refractivity contribution in [1.29, 1.82) is 0 Å². The highest BCUT2D eigenvalue weighted by atomic mass is 16.4. The van der Waals surface area contributed by atoms with Gasteiger partial charge < -0.3 is 10.2 Å². The van der Waals surface area contributed by atoms with Crippen LogP contribution in [0.5, 0.6) is 0 Å². The molecule has 2 aromatic rings. The fourth-order valence-corrected chi connectivity index (χ4v) is 1.95. The molecule has 100 valence electrons. The van der Waals surface area contributed by atoms with Crippen molar-refractivity contribution in [1.82, 2.24) is 4.98 Å². The number of benzene rings is 1. The molecule has 0 amide bonds. The van der Waals surface area contributed by atoms with Gasteiger partial charge in [0.05, 0.1) is 17.0 Å². The zero-order chi connectivity index (χ0) is 14.2. The molecule has 1 unspecified atom stereocenters. The van der Waals surface area contributed by atoms with Crippen molar-refractivity contribution in [3.63, 3.8) is 0 Å². The largest absolute Gasteiger partial charge is 0.481 e. The maximum Gasteiger partial charge on any atom is 0.312 e. The molecule has 0 aliphatic carbocycles. The van der Waals surface area contributed by atoms with E-state index in [2.05, 4.69) is 4.98 Å². The molecule has 1 aromatic heterocycles. The Balaban J connectivity index is 2.46. The fourth-order valence-electron chi connectivity index (χ4n) is 1.95. The van der Waals surface area contributed by atoms with E-state index in [9.17, 15) is 9.90 Å². The lowest BCUT2D eigenvalue weighted by Gasteiger charge is -2.26. The van der Waals surface area contributed by atoms with Gasteiger partial charge in [-0.05, 0) is 44.5 Å². The van der Waals surface area contributed by atoms with Gasteiger partial charge in [0, 0.05) is 11.1 Å². The third kappa shape index (κ3) is 2.44. The Labute approximate surface area is 111 Å². The van der Waals surface area contributed by atoms with E-state index in [-0.39, 0.29) is 0 Å². The molecule has 0 spiro atoms. The first-order valence-corrected chi connectivity index (χ1v) is 6.11. The maximum atomic E-state index is 11.2. The number of aryl methyl sites for hydroxylation is 1. The van der Waals surface area contributed by atoms with Gasteiger partial charge in [-0.2, -0.15) is 0 Å². The fraction of sp³-hybridized carbons (Fsp3) is 0.333. The van der Waals surface area contributed by atoms with Gasteiger partial charge in [-0.3, -0.25) is 9.78 Å². The Kier molecular flexibility index (Phi) is 3.28. The first-order valence-electron chi connectivity index (χ1n) is 6.11. The normalized spacial score (nSPS) is 13.5. The van der Waals surface area contributed by atoms with Crippen molar-refractivity contribution in [2.45, 2.75) is 26.9 Å². The molecule has 0 aliphatic rings. The monoisotopic (exact) mass is 259 g/mol. The van der Waals surface area contributed by atoms with E-state index < -0.39 is 17.5 Å². The number of fused-ring (bicyclic) bond motifs is 1. The Hall–Kier alpha value is -1.94. The summed E-state index contributed by atoms with van der Waals surface area (Å²) in [6.07, 6.45) is -1.06. The van der Waals surface area contributed by atoms with Gasteiger partial charge >= 0.3 is 5.97 Å². The van der Waals surface area contributed by atoms with Gasteiger partial charge in [-0.15, -0.1) is 0 Å². The second kappa shape index (κ2) is 4.63. The second-order valence-electron chi connectivity index (χ2n) is 5.33. The maximum absolute atomic E-state index is 11.2. The highest BCUT2D eigenvalue weighted by molar-refractivity contribution is 5.80. The molecule has 1 aromatic carbocycles. The molecule has 19 heavy (non-hydrogen) atoms. The van der Waals surface area contributed by atoms with Gasteiger partial charge in [-0.25, -0.2) is 0 Å². The van der Waals surface area contributed by atoms with Crippen LogP contribution in [0, 0.1) is 12.3 Å². The van der Waals surface area contributed by atoms with Gasteiger partial charge in [0.2, 0.25) is 0 Å². The first-order chi connectivity index (χ1) is 8.82. The van der Waals surface area contributed by atoms with E-state index in [1.807, 2.05) is 19.1 Å². The number of carboxylic acids is 1. The van der Waals surface area contributed by atoms with E-state index >= 15 is 0 Å². The summed E-state index contributed by atoms with van der Waals surface area (Å²) in [7, 11) is 0. The lowest BCUT2D eigenvalue weighted by molar-refractivity contribution is -0.153. The third-order valence-corrected chi connectivity index (χ3v) is 3.40. The van der Waals surface area contributed by atoms with E-state index in [1.54, 1.807) is 18.2 Å². The lowest BCUT2D eigenvalue weighted by atomic mass is 9.82. The molecule has 4 nitrogen and oxygen atoms in total. The predicted molar refractivity (Wildman–Crippen MR) is 72.9 cm³/mol. The number of aliphatic hydroxyl groups is 1. The van der Waals surface area contributed by atoms with Gasteiger partial charge in [0.1, 0.15) is 0 Å². The molecular weight excluding hydrogens is 242 g/mol. The first kappa shape index (κ1) is 13.5. The number of aliphatic hydroxyl groups excluding tert-OH is 1. The minimum atomic E-state index is -1.23. The van der Waals surface area contributed by atoms with Gasteiger partial charge in [-0.1, -0.05) is 12.1 Å². The van der Waals surface area contributed by atoms with E-state index in [0.717, 1.165) is 16.6 Å². The number of carbonyl (C=O) groups is 1. The highest BCUT2D eigenvalue weighted by Gasteiger charge is 2.36. The Morgan fingerprint density at radius 2 is 1.95 bits per heavy atom. The van der Waals surface area contributed by atoms with Crippen LogP contribution in [0.15, 0.2) is 30.3 Å². The summed E-state index contributed by atoms with van der Waals surface area (Å²) in [5, 5.41) is 20.3. The topological polar surface area (TPSA) is 70.4 Å². The molecule has 4 heteroatoms. The Morgan fingerprint density at radius 1 is 1.26 bits per heavy atom. The van der Waals surface area contributed by atoms with Crippen molar-refractivity contribution < 1.29 is 15.0 Å². The molecular formula is C15H17NO3. The average molecular weight is 259 g/mol. The second-order valence-corrected chi connectivity index (χ2v) is 5.33. The number of aliphatic carboxylic acids is 1. The van der Waals surface area contributed by atoms with Crippen LogP contribution in [0.4, 0.5) is 0 Å². The summed E-state index contributed by atoms with van der Waals surface area (Å²) >= 11 is 0. The smallest absolute Gasteiger partial charge is 0.312 e. The van der Waals surface area contributed by atoms with Crippen molar-refractivity contribution in [3.05, 3.63) is 41.6 Å². The summed E-state index contributed by atoms with van der Waals surface area (Å²) in [5.74, 6) is -1.03. The molecule has 0 aliphatic heterocycles. The zero-order valence-electron chi connectivity index (χ0n) is 11.2. The van der Waals surface area contributed by atoms with E-state index in [4.69, 9.17) is 5.11 Å². The van der Waals surface area contributed by atoms with Crippen molar-refractivity contribution in [3.8, 4) is 0 Å². The number of aromatic nitrogens is 1. The van der Waals surface area contributed by atoms with Crippen molar-refractivity contribution in [2.75, 3.05) is 0 Å². The van der Waals surface area contributed by atoms with Crippen LogP contribution in [0.2, 0.25) is 0 Å². The molecule has 0 fully saturated rings. The van der Waals surface area contributed by atoms with Crippen LogP contribution in [-0.2, 0) is 4.79 Å². The van der Waals surface area contributed by atoms with E-state index in [0.29, 0.717) is 5.56 Å². The van der Waals surface area contributed by atoms with Crippen LogP contribution >= 0.6 is 0 Å². The average Bonchev–Trinajstić information content (AvgIpc) is 2.37. The minimum Gasteiger partial charge on any atom is -0.481 e. The number of pyridine rings is 1. The van der Waals surface area contributed by atoms with E-state index in [1.165, 1.54) is 13.8 Å². The number of nitrogens with zero attached hydrogens (tertiary/aromatic N) is 1. The van der Waals surface area contributed by atoms with Crippen LogP contribution in [-0.4, -0.2) is 21.2 Å². The third-order valence-electron chi connectivity index (χ3n) is 3.40. The number of carboxylic acid groups (broad SMARTS) is 1. The quantitative estimate of drug-likeness (QED) is 0.889. The van der Waals surface area contributed by atoms with Gasteiger partial charge in [0.25, 0.3) is 0 Å². The number of hydrogen-bond acceptors (Lipinski definition) is 3. The van der Waals surface area contributed by atoms with Gasteiger partial charge in [0.15, 0.2) is 0 Å². The Bertz CT molecular complexity index is 634. The summed E-state index contributed by atoms with van der Waals surface area (Å²) in [6, 6.07) is 9.13. The van der Waals surface area contributed by atoms with Crippen LogP contribution in [0.25, 0.3) is 10.9 Å². The molecule has 1 heterocycles. The summed E-state index contributed by atoms with van der Waals surface area (Å²) < 4.78 is 0.